The lowest BCUT2D eigenvalue weighted by Gasteiger charge is -2.24. The standard InChI is InChI=1S/C13H23NO/c15-13(14-10-6-7-11-14)12-8-4-2-1-3-5-9-12/h12H,1-11H2. The van der Waals surface area contributed by atoms with E-state index in [9.17, 15) is 4.79 Å². The molecule has 0 aromatic heterocycles. The van der Waals surface area contributed by atoms with Crippen LogP contribution in [0.5, 0.6) is 0 Å². The molecule has 2 rings (SSSR count). The van der Waals surface area contributed by atoms with Crippen LogP contribution in [-0.2, 0) is 4.79 Å². The minimum absolute atomic E-state index is 0.364. The molecule has 86 valence electrons. The smallest absolute Gasteiger partial charge is 0.225 e. The highest BCUT2D eigenvalue weighted by molar-refractivity contribution is 5.79. The van der Waals surface area contributed by atoms with Gasteiger partial charge in [-0.2, -0.15) is 0 Å². The predicted molar refractivity (Wildman–Crippen MR) is 61.6 cm³/mol. The van der Waals surface area contributed by atoms with E-state index in [2.05, 4.69) is 4.90 Å². The Balaban J connectivity index is 1.85. The fourth-order valence-corrected chi connectivity index (χ4v) is 2.90. The van der Waals surface area contributed by atoms with Crippen LogP contribution in [0.15, 0.2) is 0 Å². The number of amides is 1. The molecule has 2 fully saturated rings. The van der Waals surface area contributed by atoms with E-state index in [0.29, 0.717) is 11.8 Å². The SMILES string of the molecule is O=C(C1CCCCCCC1)N1CCCC1. The average Bonchev–Trinajstić information content (AvgIpc) is 2.68. The maximum absolute atomic E-state index is 12.2. The fraction of sp³-hybridized carbons (Fsp3) is 0.923. The van der Waals surface area contributed by atoms with Crippen LogP contribution in [-0.4, -0.2) is 23.9 Å². The van der Waals surface area contributed by atoms with Crippen LogP contribution in [0.2, 0.25) is 0 Å². The van der Waals surface area contributed by atoms with Crippen molar-refractivity contribution in [2.75, 3.05) is 13.1 Å². The largest absolute Gasteiger partial charge is 0.342 e. The molecule has 1 aliphatic carbocycles. The van der Waals surface area contributed by atoms with Crippen molar-refractivity contribution in [3.05, 3.63) is 0 Å². The third kappa shape index (κ3) is 2.96. The van der Waals surface area contributed by atoms with Gasteiger partial charge in [-0.05, 0) is 25.7 Å². The highest BCUT2D eigenvalue weighted by atomic mass is 16.2. The lowest BCUT2D eigenvalue weighted by atomic mass is 9.90. The summed E-state index contributed by atoms with van der Waals surface area (Å²) in [5, 5.41) is 0. The van der Waals surface area contributed by atoms with Crippen LogP contribution in [0.1, 0.15) is 57.8 Å². The molecule has 1 heterocycles. The molecule has 0 atom stereocenters. The zero-order valence-electron chi connectivity index (χ0n) is 9.71. The zero-order chi connectivity index (χ0) is 10.5. The predicted octanol–water partition coefficient (Wildman–Crippen LogP) is 2.97. The van der Waals surface area contributed by atoms with Gasteiger partial charge >= 0.3 is 0 Å². The van der Waals surface area contributed by atoms with E-state index in [-0.39, 0.29) is 0 Å². The van der Waals surface area contributed by atoms with Gasteiger partial charge in [0, 0.05) is 19.0 Å². The molecular weight excluding hydrogens is 186 g/mol. The van der Waals surface area contributed by atoms with Gasteiger partial charge in [0.2, 0.25) is 5.91 Å². The van der Waals surface area contributed by atoms with E-state index >= 15 is 0 Å². The van der Waals surface area contributed by atoms with Crippen LogP contribution >= 0.6 is 0 Å². The molecule has 0 bridgehead atoms. The second-order valence-corrected chi connectivity index (χ2v) is 5.07. The normalized spacial score (nSPS) is 24.9. The van der Waals surface area contributed by atoms with Gasteiger partial charge < -0.3 is 4.90 Å². The highest BCUT2D eigenvalue weighted by Gasteiger charge is 2.26. The first-order chi connectivity index (χ1) is 7.38. The van der Waals surface area contributed by atoms with E-state index in [4.69, 9.17) is 0 Å². The van der Waals surface area contributed by atoms with Crippen molar-refractivity contribution < 1.29 is 4.79 Å². The molecule has 15 heavy (non-hydrogen) atoms. The van der Waals surface area contributed by atoms with E-state index < -0.39 is 0 Å². The summed E-state index contributed by atoms with van der Waals surface area (Å²) in [6.07, 6.45) is 11.3. The van der Waals surface area contributed by atoms with Gasteiger partial charge in [0.25, 0.3) is 0 Å². The lowest BCUT2D eigenvalue weighted by molar-refractivity contribution is -0.135. The first kappa shape index (κ1) is 11.0. The van der Waals surface area contributed by atoms with Crippen molar-refractivity contribution in [3.63, 3.8) is 0 Å². The minimum atomic E-state index is 0.364. The molecule has 2 nitrogen and oxygen atoms in total. The molecule has 0 unspecified atom stereocenters. The third-order valence-electron chi connectivity index (χ3n) is 3.87. The Morgan fingerprint density at radius 2 is 1.33 bits per heavy atom. The molecule has 0 radical (unpaired) electrons. The summed E-state index contributed by atoms with van der Waals surface area (Å²) in [7, 11) is 0. The summed E-state index contributed by atoms with van der Waals surface area (Å²) in [4.78, 5) is 14.3. The molecule has 2 heteroatoms. The summed E-state index contributed by atoms with van der Waals surface area (Å²) < 4.78 is 0. The molecular formula is C13H23NO. The van der Waals surface area contributed by atoms with Crippen molar-refractivity contribution in [2.45, 2.75) is 57.8 Å². The van der Waals surface area contributed by atoms with Crippen LogP contribution in [0, 0.1) is 5.92 Å². The molecule has 0 spiro atoms. The fourth-order valence-electron chi connectivity index (χ4n) is 2.90. The Bertz CT molecular complexity index is 201. The maximum Gasteiger partial charge on any atom is 0.225 e. The second kappa shape index (κ2) is 5.53. The van der Waals surface area contributed by atoms with Gasteiger partial charge in [-0.3, -0.25) is 4.79 Å². The first-order valence-corrected chi connectivity index (χ1v) is 6.67. The summed E-state index contributed by atoms with van der Waals surface area (Å²) in [5.74, 6) is 0.831. The minimum Gasteiger partial charge on any atom is -0.342 e. The Hall–Kier alpha value is -0.530. The van der Waals surface area contributed by atoms with Gasteiger partial charge in [0.1, 0.15) is 0 Å². The second-order valence-electron chi connectivity index (χ2n) is 5.07. The Kier molecular flexibility index (Phi) is 4.04. The molecule has 1 aliphatic heterocycles. The van der Waals surface area contributed by atoms with Crippen molar-refractivity contribution in [2.24, 2.45) is 5.92 Å². The number of carbonyl (C=O) groups excluding carboxylic acids is 1. The summed E-state index contributed by atoms with van der Waals surface area (Å²) >= 11 is 0. The number of rotatable bonds is 1. The van der Waals surface area contributed by atoms with Gasteiger partial charge in [0.15, 0.2) is 0 Å². The van der Waals surface area contributed by atoms with Crippen LogP contribution < -0.4 is 0 Å². The monoisotopic (exact) mass is 209 g/mol. The van der Waals surface area contributed by atoms with E-state index in [0.717, 1.165) is 25.9 Å². The topological polar surface area (TPSA) is 20.3 Å². The van der Waals surface area contributed by atoms with Crippen LogP contribution in [0.4, 0.5) is 0 Å². The van der Waals surface area contributed by atoms with Crippen LogP contribution in [0.3, 0.4) is 0 Å². The van der Waals surface area contributed by atoms with E-state index in [1.54, 1.807) is 0 Å². The molecule has 1 saturated carbocycles. The number of likely N-dealkylation sites (tertiary alicyclic amines) is 1. The Labute approximate surface area is 93.0 Å². The van der Waals surface area contributed by atoms with Crippen molar-refractivity contribution in [1.29, 1.82) is 0 Å². The highest BCUT2D eigenvalue weighted by Crippen LogP contribution is 2.25. The number of hydrogen-bond donors (Lipinski definition) is 0. The summed E-state index contributed by atoms with van der Waals surface area (Å²) in [6.45, 7) is 2.05. The van der Waals surface area contributed by atoms with Gasteiger partial charge in [0.05, 0.1) is 0 Å². The number of carbonyl (C=O) groups is 1. The Morgan fingerprint density at radius 3 is 1.93 bits per heavy atom. The van der Waals surface area contributed by atoms with E-state index in [1.807, 2.05) is 0 Å². The Morgan fingerprint density at radius 1 is 0.800 bits per heavy atom. The van der Waals surface area contributed by atoms with Crippen molar-refractivity contribution in [3.8, 4) is 0 Å². The summed E-state index contributed by atoms with van der Waals surface area (Å²) in [5.41, 5.74) is 0. The van der Waals surface area contributed by atoms with Crippen molar-refractivity contribution >= 4 is 5.91 Å². The van der Waals surface area contributed by atoms with Gasteiger partial charge in [-0.1, -0.05) is 32.1 Å². The maximum atomic E-state index is 12.2. The van der Waals surface area contributed by atoms with Crippen LogP contribution in [0.25, 0.3) is 0 Å². The zero-order valence-corrected chi connectivity index (χ0v) is 9.71. The molecule has 1 amide bonds. The van der Waals surface area contributed by atoms with Gasteiger partial charge in [-0.15, -0.1) is 0 Å². The van der Waals surface area contributed by atoms with Gasteiger partial charge in [-0.25, -0.2) is 0 Å². The average molecular weight is 209 g/mol. The van der Waals surface area contributed by atoms with Crippen molar-refractivity contribution in [1.82, 2.24) is 4.90 Å². The first-order valence-electron chi connectivity index (χ1n) is 6.67. The number of nitrogens with zero attached hydrogens (tertiary/aromatic N) is 1. The molecule has 0 aromatic rings. The molecule has 1 saturated heterocycles. The lowest BCUT2D eigenvalue weighted by Crippen LogP contribution is -2.34. The van der Waals surface area contributed by atoms with E-state index in [1.165, 1.54) is 44.9 Å². The number of hydrogen-bond acceptors (Lipinski definition) is 1. The molecule has 0 N–H and O–H groups in total. The third-order valence-corrected chi connectivity index (χ3v) is 3.87. The quantitative estimate of drug-likeness (QED) is 0.650. The summed E-state index contributed by atoms with van der Waals surface area (Å²) in [6, 6.07) is 0. The molecule has 0 aromatic carbocycles. The molecule has 2 aliphatic rings.